The van der Waals surface area contributed by atoms with Crippen LogP contribution in [0.1, 0.15) is 18.4 Å². The smallest absolute Gasteiger partial charge is 0.309 e. The van der Waals surface area contributed by atoms with Crippen LogP contribution in [0.15, 0.2) is 30.3 Å². The lowest BCUT2D eigenvalue weighted by molar-refractivity contribution is 0.354. The molecule has 2 nitrogen and oxygen atoms in total. The third-order valence-electron chi connectivity index (χ3n) is 2.26. The molecule has 15 heavy (non-hydrogen) atoms. The van der Waals surface area contributed by atoms with E-state index in [0.29, 0.717) is 6.42 Å². The topological polar surface area (TPSA) is 26.3 Å². The molecular formula is C11H16FO2P. The molecule has 84 valence electrons. The van der Waals surface area contributed by atoms with Crippen molar-refractivity contribution in [3.05, 3.63) is 35.9 Å². The minimum Gasteiger partial charge on any atom is -0.309 e. The molecule has 0 aromatic heterocycles. The third-order valence-corrected chi connectivity index (χ3v) is 3.65. The van der Waals surface area contributed by atoms with Gasteiger partial charge in [-0.15, -0.1) is 0 Å². The summed E-state index contributed by atoms with van der Waals surface area (Å²) in [6.07, 6.45) is 2.35. The molecule has 1 unspecified atom stereocenters. The van der Waals surface area contributed by atoms with Crippen molar-refractivity contribution in [3.63, 3.8) is 0 Å². The molecule has 4 heteroatoms. The van der Waals surface area contributed by atoms with Crippen LogP contribution in [0, 0.1) is 0 Å². The fourth-order valence-electron chi connectivity index (χ4n) is 1.37. The van der Waals surface area contributed by atoms with Gasteiger partial charge in [0.15, 0.2) is 0 Å². The summed E-state index contributed by atoms with van der Waals surface area (Å²) in [5.74, 6) is 0. The zero-order valence-electron chi connectivity index (χ0n) is 8.86. The van der Waals surface area contributed by atoms with E-state index >= 15 is 0 Å². The van der Waals surface area contributed by atoms with Crippen LogP contribution >= 0.6 is 7.68 Å². The van der Waals surface area contributed by atoms with Gasteiger partial charge in [0.1, 0.15) is 0 Å². The first kappa shape index (κ1) is 12.4. The predicted octanol–water partition coefficient (Wildman–Crippen LogP) is 3.82. The summed E-state index contributed by atoms with van der Waals surface area (Å²) in [4.78, 5) is 0. The summed E-state index contributed by atoms with van der Waals surface area (Å²) in [6, 6.07) is 9.98. The molecule has 0 amide bonds. The van der Waals surface area contributed by atoms with Crippen LogP contribution in [0.2, 0.25) is 0 Å². The van der Waals surface area contributed by atoms with Crippen molar-refractivity contribution in [2.75, 3.05) is 13.3 Å². The van der Waals surface area contributed by atoms with Gasteiger partial charge < -0.3 is 4.52 Å². The Kier molecular flexibility index (Phi) is 5.00. The molecule has 0 aliphatic heterocycles. The molecule has 1 atom stereocenters. The number of aryl methyl sites for hydroxylation is 1. The molecule has 1 aromatic rings. The maximum atomic E-state index is 12.9. The molecule has 0 bridgehead atoms. The summed E-state index contributed by atoms with van der Waals surface area (Å²) < 4.78 is 28.1. The normalized spacial score (nSPS) is 14.8. The Bertz CT molecular complexity index is 327. The van der Waals surface area contributed by atoms with Crippen molar-refractivity contribution in [3.8, 4) is 0 Å². The van der Waals surface area contributed by atoms with Gasteiger partial charge in [-0.3, -0.25) is 4.57 Å². The number of halogens is 1. The van der Waals surface area contributed by atoms with E-state index in [2.05, 4.69) is 4.52 Å². The molecule has 0 heterocycles. The Balaban J connectivity index is 2.21. The van der Waals surface area contributed by atoms with E-state index in [9.17, 15) is 8.76 Å². The van der Waals surface area contributed by atoms with Gasteiger partial charge in [0.25, 0.3) is 0 Å². The summed E-state index contributed by atoms with van der Waals surface area (Å²) in [6.45, 7) is 0. The molecular weight excluding hydrogens is 214 g/mol. The van der Waals surface area contributed by atoms with E-state index in [0.717, 1.165) is 20.0 Å². The minimum absolute atomic E-state index is 0.0241. The highest BCUT2D eigenvalue weighted by Crippen LogP contribution is 2.48. The molecule has 0 saturated carbocycles. The highest BCUT2D eigenvalue weighted by Gasteiger charge is 2.18. The fourth-order valence-corrected chi connectivity index (χ4v) is 2.15. The van der Waals surface area contributed by atoms with Crippen LogP contribution in [0.4, 0.5) is 4.20 Å². The lowest BCUT2D eigenvalue weighted by Gasteiger charge is -2.05. The number of rotatable bonds is 6. The quantitative estimate of drug-likeness (QED) is 0.548. The first-order chi connectivity index (χ1) is 7.14. The number of unbranched alkanes of at least 4 members (excludes halogenated alkanes) is 1. The molecule has 0 aliphatic rings. The molecule has 0 fully saturated rings. The van der Waals surface area contributed by atoms with Gasteiger partial charge in [-0.25, -0.2) is 0 Å². The zero-order chi connectivity index (χ0) is 11.1. The SMILES string of the molecule is COP(=O)(F)CCCCc1ccccc1. The lowest BCUT2D eigenvalue weighted by atomic mass is 10.1. The van der Waals surface area contributed by atoms with E-state index in [1.165, 1.54) is 5.56 Å². The van der Waals surface area contributed by atoms with Crippen LogP contribution in [0.5, 0.6) is 0 Å². The molecule has 0 aliphatic carbocycles. The zero-order valence-corrected chi connectivity index (χ0v) is 9.75. The van der Waals surface area contributed by atoms with Gasteiger partial charge in [0, 0.05) is 7.11 Å². The van der Waals surface area contributed by atoms with Crippen molar-refractivity contribution >= 4 is 7.68 Å². The largest absolute Gasteiger partial charge is 0.367 e. The number of hydrogen-bond donors (Lipinski definition) is 0. The Labute approximate surface area is 90.0 Å². The molecule has 0 radical (unpaired) electrons. The van der Waals surface area contributed by atoms with Gasteiger partial charge >= 0.3 is 7.68 Å². The first-order valence-corrected chi connectivity index (χ1v) is 6.72. The monoisotopic (exact) mass is 230 g/mol. The second kappa shape index (κ2) is 6.04. The van der Waals surface area contributed by atoms with Gasteiger partial charge in [0.05, 0.1) is 6.16 Å². The first-order valence-electron chi connectivity index (χ1n) is 5.02. The predicted molar refractivity (Wildman–Crippen MR) is 60.0 cm³/mol. The van der Waals surface area contributed by atoms with Crippen molar-refractivity contribution in [2.45, 2.75) is 19.3 Å². The van der Waals surface area contributed by atoms with E-state index < -0.39 is 7.68 Å². The van der Waals surface area contributed by atoms with Gasteiger partial charge in [-0.2, -0.15) is 4.20 Å². The second-order valence-corrected chi connectivity index (χ2v) is 5.43. The summed E-state index contributed by atoms with van der Waals surface area (Å²) in [5, 5.41) is 0. The number of hydrogen-bond acceptors (Lipinski definition) is 2. The minimum atomic E-state index is -3.79. The van der Waals surface area contributed by atoms with Crippen molar-refractivity contribution in [1.29, 1.82) is 0 Å². The third kappa shape index (κ3) is 5.10. The summed E-state index contributed by atoms with van der Waals surface area (Å²) in [7, 11) is -2.64. The average Bonchev–Trinajstić information content (AvgIpc) is 2.26. The fraction of sp³-hybridized carbons (Fsp3) is 0.455. The van der Waals surface area contributed by atoms with Crippen molar-refractivity contribution in [2.24, 2.45) is 0 Å². The Morgan fingerprint density at radius 3 is 2.53 bits per heavy atom. The molecule has 0 spiro atoms. The van der Waals surface area contributed by atoms with Crippen LogP contribution in [-0.4, -0.2) is 13.3 Å². The van der Waals surface area contributed by atoms with Gasteiger partial charge in [0.2, 0.25) is 0 Å². The van der Waals surface area contributed by atoms with Crippen LogP contribution in [0.25, 0.3) is 0 Å². The maximum absolute atomic E-state index is 12.9. The summed E-state index contributed by atoms with van der Waals surface area (Å²) >= 11 is 0. The van der Waals surface area contributed by atoms with Crippen molar-refractivity contribution < 1.29 is 13.3 Å². The Morgan fingerprint density at radius 1 is 1.27 bits per heavy atom. The highest BCUT2D eigenvalue weighted by atomic mass is 31.2. The maximum Gasteiger partial charge on any atom is 0.367 e. The van der Waals surface area contributed by atoms with E-state index in [1.54, 1.807) is 0 Å². The molecule has 1 aromatic carbocycles. The Hall–Kier alpha value is -0.660. The van der Waals surface area contributed by atoms with Crippen LogP contribution in [0.3, 0.4) is 0 Å². The van der Waals surface area contributed by atoms with Crippen molar-refractivity contribution in [1.82, 2.24) is 0 Å². The average molecular weight is 230 g/mol. The van der Waals surface area contributed by atoms with E-state index in [1.807, 2.05) is 30.3 Å². The molecule has 0 N–H and O–H groups in total. The summed E-state index contributed by atoms with van der Waals surface area (Å²) in [5.41, 5.74) is 1.23. The molecule has 1 rings (SSSR count). The standard InChI is InChI=1S/C11H16FO2P/c1-14-15(12,13)10-6-5-9-11-7-3-2-4-8-11/h2-4,7-8H,5-6,9-10H2,1H3. The van der Waals surface area contributed by atoms with Gasteiger partial charge in [-0.05, 0) is 24.8 Å². The number of benzene rings is 1. The van der Waals surface area contributed by atoms with E-state index in [-0.39, 0.29) is 6.16 Å². The second-order valence-electron chi connectivity index (χ2n) is 3.44. The van der Waals surface area contributed by atoms with E-state index in [4.69, 9.17) is 0 Å². The van der Waals surface area contributed by atoms with Gasteiger partial charge in [-0.1, -0.05) is 30.3 Å². The molecule has 0 saturated heterocycles. The lowest BCUT2D eigenvalue weighted by Crippen LogP contribution is -1.90. The highest BCUT2D eigenvalue weighted by molar-refractivity contribution is 7.53. The van der Waals surface area contributed by atoms with Crippen LogP contribution < -0.4 is 0 Å². The Morgan fingerprint density at radius 2 is 1.93 bits per heavy atom. The van der Waals surface area contributed by atoms with Crippen LogP contribution in [-0.2, 0) is 15.5 Å².